The highest BCUT2D eigenvalue weighted by molar-refractivity contribution is 8.00. The summed E-state index contributed by atoms with van der Waals surface area (Å²) in [5.41, 5.74) is 0. The van der Waals surface area contributed by atoms with Crippen molar-refractivity contribution in [3.8, 4) is 0 Å². The second kappa shape index (κ2) is 5.60. The summed E-state index contributed by atoms with van der Waals surface area (Å²) >= 11 is 0.783. The van der Waals surface area contributed by atoms with E-state index in [4.69, 9.17) is 5.11 Å². The van der Waals surface area contributed by atoms with Crippen LogP contribution in [0.5, 0.6) is 0 Å². The molecule has 86 valence electrons. The van der Waals surface area contributed by atoms with Gasteiger partial charge in [0.15, 0.2) is 17.4 Å². The van der Waals surface area contributed by atoms with Crippen LogP contribution in [0.15, 0.2) is 23.1 Å². The lowest BCUT2D eigenvalue weighted by Gasteiger charge is -2.02. The van der Waals surface area contributed by atoms with Crippen molar-refractivity contribution in [1.82, 2.24) is 0 Å². The van der Waals surface area contributed by atoms with Crippen molar-refractivity contribution in [2.45, 2.75) is 11.3 Å². The average Bonchev–Trinajstić information content (AvgIpc) is 2.19. The van der Waals surface area contributed by atoms with Crippen LogP contribution >= 0.6 is 11.8 Å². The van der Waals surface area contributed by atoms with E-state index in [0.29, 0.717) is 0 Å². The fourth-order valence-electron chi connectivity index (χ4n) is 0.973. The molecule has 0 bridgehead atoms. The maximum Gasteiger partial charge on any atom is 0.310 e. The predicted molar refractivity (Wildman–Crippen MR) is 54.3 cm³/mol. The molecule has 1 aromatic carbocycles. The Bertz CT molecular complexity index is 421. The molecule has 16 heavy (non-hydrogen) atoms. The molecule has 0 saturated heterocycles. The molecule has 1 rings (SSSR count). The molecule has 6 heteroatoms. The van der Waals surface area contributed by atoms with Crippen molar-refractivity contribution in [3.05, 3.63) is 29.8 Å². The Morgan fingerprint density at radius 3 is 2.62 bits per heavy atom. The highest BCUT2D eigenvalue weighted by atomic mass is 32.2. The Hall–Kier alpha value is -1.43. The van der Waals surface area contributed by atoms with Crippen LogP contribution in [0.2, 0.25) is 0 Å². The van der Waals surface area contributed by atoms with Crippen molar-refractivity contribution in [2.75, 3.05) is 5.75 Å². The lowest BCUT2D eigenvalue weighted by Crippen LogP contribution is -2.08. The number of carbonyl (C=O) groups excluding carboxylic acids is 1. The summed E-state index contributed by atoms with van der Waals surface area (Å²) in [5.74, 6) is -3.97. The van der Waals surface area contributed by atoms with E-state index in [2.05, 4.69) is 0 Å². The molecule has 0 atom stereocenters. The molecule has 0 aliphatic rings. The summed E-state index contributed by atoms with van der Waals surface area (Å²) in [5, 5.41) is 8.32. The Morgan fingerprint density at radius 2 is 2.00 bits per heavy atom. The fourth-order valence-corrected chi connectivity index (χ4v) is 1.79. The fraction of sp³-hybridized carbons (Fsp3) is 0.200. The minimum Gasteiger partial charge on any atom is -0.481 e. The van der Waals surface area contributed by atoms with Gasteiger partial charge in [-0.1, -0.05) is 6.07 Å². The Balaban J connectivity index is 2.58. The summed E-state index contributed by atoms with van der Waals surface area (Å²) in [4.78, 5) is 21.2. The molecule has 0 radical (unpaired) electrons. The summed E-state index contributed by atoms with van der Waals surface area (Å²) < 4.78 is 25.8. The van der Waals surface area contributed by atoms with Gasteiger partial charge in [0.1, 0.15) is 6.42 Å². The third-order valence-electron chi connectivity index (χ3n) is 1.65. The van der Waals surface area contributed by atoms with Gasteiger partial charge in [-0.3, -0.25) is 9.59 Å². The minimum absolute atomic E-state index is 0.00117. The van der Waals surface area contributed by atoms with Crippen molar-refractivity contribution in [3.63, 3.8) is 0 Å². The van der Waals surface area contributed by atoms with E-state index < -0.39 is 29.8 Å². The molecule has 1 aromatic rings. The van der Waals surface area contributed by atoms with Gasteiger partial charge in [0.05, 0.1) is 5.75 Å². The standard InChI is InChI=1S/C10H8F2O3S/c11-7-2-1-3-8(10(7)12)16-5-6(13)4-9(14)15/h1-3H,4-5H2,(H,14,15). The largest absolute Gasteiger partial charge is 0.481 e. The molecule has 0 spiro atoms. The van der Waals surface area contributed by atoms with E-state index >= 15 is 0 Å². The van der Waals surface area contributed by atoms with Crippen molar-refractivity contribution < 1.29 is 23.5 Å². The minimum atomic E-state index is -1.23. The molecule has 0 saturated carbocycles. The van der Waals surface area contributed by atoms with Gasteiger partial charge < -0.3 is 5.11 Å². The highest BCUT2D eigenvalue weighted by Gasteiger charge is 2.12. The number of carbonyl (C=O) groups is 2. The van der Waals surface area contributed by atoms with Gasteiger partial charge in [0, 0.05) is 4.90 Å². The first-order chi connectivity index (χ1) is 7.50. The van der Waals surface area contributed by atoms with Gasteiger partial charge >= 0.3 is 5.97 Å². The Labute approximate surface area is 94.5 Å². The number of Topliss-reactive ketones (excluding diaryl/α,β-unsaturated/α-hetero) is 1. The monoisotopic (exact) mass is 246 g/mol. The lowest BCUT2D eigenvalue weighted by molar-refractivity contribution is -0.139. The number of rotatable bonds is 5. The predicted octanol–water partition coefficient (Wildman–Crippen LogP) is 2.10. The number of benzene rings is 1. The molecule has 1 N–H and O–H groups in total. The highest BCUT2D eigenvalue weighted by Crippen LogP contribution is 2.23. The molecular weight excluding hydrogens is 238 g/mol. The Kier molecular flexibility index (Phi) is 4.42. The Morgan fingerprint density at radius 1 is 1.31 bits per heavy atom. The van der Waals surface area contributed by atoms with E-state index in [9.17, 15) is 18.4 Å². The van der Waals surface area contributed by atoms with E-state index in [0.717, 1.165) is 17.8 Å². The first kappa shape index (κ1) is 12.6. The summed E-state index contributed by atoms with van der Waals surface area (Å²) in [6.45, 7) is 0. The van der Waals surface area contributed by atoms with Crippen molar-refractivity contribution in [2.24, 2.45) is 0 Å². The average molecular weight is 246 g/mol. The zero-order valence-corrected chi connectivity index (χ0v) is 8.89. The van der Waals surface area contributed by atoms with Crippen LogP contribution in [0.1, 0.15) is 6.42 Å². The molecule has 0 fully saturated rings. The number of aliphatic carboxylic acids is 1. The van der Waals surface area contributed by atoms with Gasteiger partial charge in [0.2, 0.25) is 0 Å². The summed E-state index contributed by atoms with van der Waals surface area (Å²) in [6, 6.07) is 3.62. The number of thioether (sulfide) groups is 1. The van der Waals surface area contributed by atoms with Crippen LogP contribution in [0.25, 0.3) is 0 Å². The van der Waals surface area contributed by atoms with Crippen LogP contribution in [0.4, 0.5) is 8.78 Å². The van der Waals surface area contributed by atoms with Crippen LogP contribution in [0, 0.1) is 11.6 Å². The number of hydrogen-bond acceptors (Lipinski definition) is 3. The maximum absolute atomic E-state index is 13.1. The molecule has 0 aliphatic carbocycles. The van der Waals surface area contributed by atoms with Crippen LogP contribution in [-0.4, -0.2) is 22.6 Å². The van der Waals surface area contributed by atoms with Gasteiger partial charge in [-0.2, -0.15) is 0 Å². The third kappa shape index (κ3) is 3.62. The molecule has 0 aromatic heterocycles. The quantitative estimate of drug-likeness (QED) is 0.638. The van der Waals surface area contributed by atoms with E-state index in [-0.39, 0.29) is 10.6 Å². The van der Waals surface area contributed by atoms with Gasteiger partial charge in [-0.05, 0) is 12.1 Å². The number of hydrogen-bond donors (Lipinski definition) is 1. The number of halogens is 2. The zero-order chi connectivity index (χ0) is 12.1. The van der Waals surface area contributed by atoms with Crippen molar-refractivity contribution in [1.29, 1.82) is 0 Å². The first-order valence-corrected chi connectivity index (χ1v) is 5.29. The molecule has 0 amide bonds. The number of carboxylic acids is 1. The topological polar surface area (TPSA) is 54.4 Å². The summed E-state index contributed by atoms with van der Waals surface area (Å²) in [7, 11) is 0. The zero-order valence-electron chi connectivity index (χ0n) is 8.07. The van der Waals surface area contributed by atoms with Crippen LogP contribution < -0.4 is 0 Å². The second-order valence-corrected chi connectivity index (χ2v) is 3.97. The van der Waals surface area contributed by atoms with Gasteiger partial charge in [-0.15, -0.1) is 11.8 Å². The normalized spacial score (nSPS) is 10.1. The molecule has 0 heterocycles. The SMILES string of the molecule is O=C(O)CC(=O)CSc1cccc(F)c1F. The third-order valence-corrected chi connectivity index (χ3v) is 2.75. The molecule has 0 aliphatic heterocycles. The lowest BCUT2D eigenvalue weighted by atomic mass is 10.3. The second-order valence-electron chi connectivity index (χ2n) is 2.95. The van der Waals surface area contributed by atoms with Crippen molar-refractivity contribution >= 4 is 23.5 Å². The maximum atomic E-state index is 13.1. The smallest absolute Gasteiger partial charge is 0.310 e. The van der Waals surface area contributed by atoms with E-state index in [1.165, 1.54) is 12.1 Å². The van der Waals surface area contributed by atoms with E-state index in [1.54, 1.807) is 0 Å². The summed E-state index contributed by atoms with van der Waals surface area (Å²) in [6.07, 6.45) is -0.607. The first-order valence-electron chi connectivity index (χ1n) is 4.31. The molecule has 3 nitrogen and oxygen atoms in total. The van der Waals surface area contributed by atoms with E-state index in [1.807, 2.05) is 0 Å². The van der Waals surface area contributed by atoms with Gasteiger partial charge in [-0.25, -0.2) is 8.78 Å². The molecule has 0 unspecified atom stereocenters. The number of carboxylic acid groups (broad SMARTS) is 1. The number of ketones is 1. The van der Waals surface area contributed by atoms with Crippen LogP contribution in [0.3, 0.4) is 0 Å². The molecular formula is C10H8F2O3S. The van der Waals surface area contributed by atoms with Crippen LogP contribution in [-0.2, 0) is 9.59 Å². The van der Waals surface area contributed by atoms with Gasteiger partial charge in [0.25, 0.3) is 0 Å².